The highest BCUT2D eigenvalue weighted by Gasteiger charge is 2.41. The maximum Gasteiger partial charge on any atom is 0.408 e. The molecule has 0 aliphatic carbocycles. The lowest BCUT2D eigenvalue weighted by atomic mass is 9.98. The number of esters is 1. The standard InChI is InChI=1S/C30H43N3O10/c1-18(2)25(27(37)43-30(3,4)5)31-28(38)41-14-7-6-11-24(34)32-13-12-19-9-8-10-23(21(19)17-32)42-20-15-22(26(35)36)33(16-20)29(39)40/h8-10,18,20,22,25H,6-7,11-17H2,1-5H3,(H,31,38)(H,35,36)(H,39,40)/t20-,22+,25+/m1/s1. The normalized spacial score (nSPS) is 18.9. The summed E-state index contributed by atoms with van der Waals surface area (Å²) in [5, 5.41) is 21.3. The number of carboxylic acid groups (broad SMARTS) is 2. The molecular weight excluding hydrogens is 562 g/mol. The fourth-order valence-electron chi connectivity index (χ4n) is 5.11. The van der Waals surface area contributed by atoms with Crippen LogP contribution >= 0.6 is 0 Å². The first-order valence-electron chi connectivity index (χ1n) is 14.6. The van der Waals surface area contributed by atoms with E-state index in [0.29, 0.717) is 38.1 Å². The molecule has 0 aromatic heterocycles. The van der Waals surface area contributed by atoms with Crippen LogP contribution in [0.5, 0.6) is 5.75 Å². The number of hydrogen-bond acceptors (Lipinski definition) is 8. The van der Waals surface area contributed by atoms with Crippen LogP contribution in [0.2, 0.25) is 0 Å². The Kier molecular flexibility index (Phi) is 11.2. The van der Waals surface area contributed by atoms with Gasteiger partial charge in [-0.3, -0.25) is 9.69 Å². The van der Waals surface area contributed by atoms with Gasteiger partial charge in [0.2, 0.25) is 5.91 Å². The maximum absolute atomic E-state index is 13.0. The van der Waals surface area contributed by atoms with Crippen molar-refractivity contribution >= 4 is 30.0 Å². The average Bonchev–Trinajstić information content (AvgIpc) is 3.35. The average molecular weight is 606 g/mol. The lowest BCUT2D eigenvalue weighted by molar-refractivity contribution is -0.158. The second-order valence-corrected chi connectivity index (χ2v) is 12.2. The minimum Gasteiger partial charge on any atom is -0.488 e. The zero-order valence-corrected chi connectivity index (χ0v) is 25.5. The van der Waals surface area contributed by atoms with E-state index in [0.717, 1.165) is 16.0 Å². The van der Waals surface area contributed by atoms with Crippen molar-refractivity contribution in [2.24, 2.45) is 5.92 Å². The number of unbranched alkanes of at least 4 members (excludes halogenated alkanes) is 1. The van der Waals surface area contributed by atoms with Crippen LogP contribution in [0.15, 0.2) is 18.2 Å². The van der Waals surface area contributed by atoms with Gasteiger partial charge in [0, 0.05) is 31.5 Å². The van der Waals surface area contributed by atoms with Crippen molar-refractivity contribution < 1.29 is 48.4 Å². The first kappa shape index (κ1) is 33.5. The Morgan fingerprint density at radius 1 is 1.09 bits per heavy atom. The van der Waals surface area contributed by atoms with Gasteiger partial charge in [-0.1, -0.05) is 26.0 Å². The van der Waals surface area contributed by atoms with Gasteiger partial charge in [-0.15, -0.1) is 0 Å². The van der Waals surface area contributed by atoms with Gasteiger partial charge in [0.25, 0.3) is 0 Å². The van der Waals surface area contributed by atoms with E-state index in [2.05, 4.69) is 5.32 Å². The molecule has 0 saturated carbocycles. The molecule has 3 amide bonds. The lowest BCUT2D eigenvalue weighted by Gasteiger charge is -2.31. The minimum atomic E-state index is -1.31. The van der Waals surface area contributed by atoms with Gasteiger partial charge in [0.05, 0.1) is 13.2 Å². The molecule has 3 atom stereocenters. The SMILES string of the molecule is CC(C)[C@H](NC(=O)OCCCCC(=O)N1CCc2cccc(O[C@@H]3C[C@@H](C(=O)O)N(C(=O)O)C3)c2C1)C(=O)OC(C)(C)C. The molecule has 0 radical (unpaired) electrons. The number of benzene rings is 1. The number of alkyl carbamates (subject to hydrolysis) is 1. The number of nitrogens with one attached hydrogen (secondary N) is 1. The molecule has 2 aliphatic heterocycles. The Morgan fingerprint density at radius 3 is 2.42 bits per heavy atom. The Morgan fingerprint density at radius 2 is 1.81 bits per heavy atom. The number of carbonyl (C=O) groups excluding carboxylic acids is 3. The van der Waals surface area contributed by atoms with E-state index >= 15 is 0 Å². The predicted molar refractivity (Wildman–Crippen MR) is 154 cm³/mol. The summed E-state index contributed by atoms with van der Waals surface area (Å²) in [6.07, 6.45) is -0.775. The molecule has 3 N–H and O–H groups in total. The van der Waals surface area contributed by atoms with E-state index in [4.69, 9.17) is 14.2 Å². The van der Waals surface area contributed by atoms with E-state index in [1.54, 1.807) is 45.6 Å². The van der Waals surface area contributed by atoms with Crippen LogP contribution in [0.25, 0.3) is 0 Å². The van der Waals surface area contributed by atoms with E-state index in [1.165, 1.54) is 0 Å². The van der Waals surface area contributed by atoms with E-state index < -0.39 is 47.9 Å². The van der Waals surface area contributed by atoms with Crippen LogP contribution in [0.4, 0.5) is 9.59 Å². The summed E-state index contributed by atoms with van der Waals surface area (Å²) in [5.41, 5.74) is 1.17. The summed E-state index contributed by atoms with van der Waals surface area (Å²) >= 11 is 0. The molecule has 1 fully saturated rings. The third kappa shape index (κ3) is 9.48. The molecule has 1 aromatic rings. The summed E-state index contributed by atoms with van der Waals surface area (Å²) < 4.78 is 16.7. The Hall–Kier alpha value is -4.03. The minimum absolute atomic E-state index is 0.0349. The number of ether oxygens (including phenoxy) is 3. The Bertz CT molecular complexity index is 1170. The van der Waals surface area contributed by atoms with Gasteiger partial charge in [-0.05, 0) is 57.6 Å². The second-order valence-electron chi connectivity index (χ2n) is 12.2. The molecule has 0 bridgehead atoms. The van der Waals surface area contributed by atoms with Crippen LogP contribution in [0.3, 0.4) is 0 Å². The Labute approximate surface area is 251 Å². The molecule has 13 nitrogen and oxygen atoms in total. The molecule has 2 heterocycles. The molecule has 43 heavy (non-hydrogen) atoms. The van der Waals surface area contributed by atoms with Gasteiger partial charge in [-0.2, -0.15) is 0 Å². The Balaban J connectivity index is 1.46. The summed E-state index contributed by atoms with van der Waals surface area (Å²) in [6, 6.07) is 3.53. The molecule has 0 unspecified atom stereocenters. The molecule has 3 rings (SSSR count). The number of amides is 3. The number of rotatable bonds is 11. The van der Waals surface area contributed by atoms with Crippen molar-refractivity contribution in [3.05, 3.63) is 29.3 Å². The number of aliphatic carboxylic acids is 1. The second kappa shape index (κ2) is 14.4. The molecule has 1 aromatic carbocycles. The highest BCUT2D eigenvalue weighted by atomic mass is 16.6. The molecule has 0 spiro atoms. The fourth-order valence-corrected chi connectivity index (χ4v) is 5.11. The molecule has 2 aliphatic rings. The molecule has 238 valence electrons. The topological polar surface area (TPSA) is 172 Å². The summed E-state index contributed by atoms with van der Waals surface area (Å²) in [7, 11) is 0. The van der Waals surface area contributed by atoms with Crippen molar-refractivity contribution in [2.45, 2.75) is 97.1 Å². The summed E-state index contributed by atoms with van der Waals surface area (Å²) in [5.74, 6) is -1.48. The van der Waals surface area contributed by atoms with Crippen molar-refractivity contribution in [3.63, 3.8) is 0 Å². The fraction of sp³-hybridized carbons (Fsp3) is 0.633. The smallest absolute Gasteiger partial charge is 0.408 e. The van der Waals surface area contributed by atoms with Crippen molar-refractivity contribution in [2.75, 3.05) is 19.7 Å². The first-order chi connectivity index (χ1) is 20.2. The van der Waals surface area contributed by atoms with Crippen LogP contribution in [-0.2, 0) is 36.8 Å². The zero-order valence-electron chi connectivity index (χ0n) is 25.5. The first-order valence-corrected chi connectivity index (χ1v) is 14.6. The van der Waals surface area contributed by atoms with E-state index in [1.807, 2.05) is 12.1 Å². The van der Waals surface area contributed by atoms with Crippen LogP contribution in [-0.4, -0.2) is 93.5 Å². The molecular formula is C30H43N3O10. The quantitative estimate of drug-likeness (QED) is 0.251. The number of fused-ring (bicyclic) bond motifs is 1. The van der Waals surface area contributed by atoms with Crippen molar-refractivity contribution in [1.29, 1.82) is 0 Å². The van der Waals surface area contributed by atoms with Gasteiger partial charge in [0.1, 0.15) is 29.5 Å². The van der Waals surface area contributed by atoms with E-state index in [-0.39, 0.29) is 37.8 Å². The number of carbonyl (C=O) groups is 5. The van der Waals surface area contributed by atoms with E-state index in [9.17, 15) is 34.2 Å². The number of nitrogens with zero attached hydrogens (tertiary/aromatic N) is 2. The van der Waals surface area contributed by atoms with Crippen molar-refractivity contribution in [3.8, 4) is 5.75 Å². The van der Waals surface area contributed by atoms with Crippen LogP contribution < -0.4 is 10.1 Å². The largest absolute Gasteiger partial charge is 0.488 e. The number of hydrogen-bond donors (Lipinski definition) is 3. The van der Waals surface area contributed by atoms with Gasteiger partial charge in [-0.25, -0.2) is 19.2 Å². The monoisotopic (exact) mass is 605 g/mol. The van der Waals surface area contributed by atoms with Crippen LogP contribution in [0, 0.1) is 5.92 Å². The lowest BCUT2D eigenvalue weighted by Crippen LogP contribution is -2.47. The van der Waals surface area contributed by atoms with Gasteiger partial charge >= 0.3 is 24.1 Å². The van der Waals surface area contributed by atoms with Crippen LogP contribution in [0.1, 0.15) is 71.4 Å². The number of carboxylic acids is 1. The summed E-state index contributed by atoms with van der Waals surface area (Å²) in [6.45, 7) is 9.74. The predicted octanol–water partition coefficient (Wildman–Crippen LogP) is 3.42. The molecule has 1 saturated heterocycles. The number of likely N-dealkylation sites (tertiary alicyclic amines) is 1. The van der Waals surface area contributed by atoms with Crippen molar-refractivity contribution in [1.82, 2.24) is 15.1 Å². The molecule has 13 heteroatoms. The third-order valence-electron chi connectivity index (χ3n) is 7.29. The summed E-state index contributed by atoms with van der Waals surface area (Å²) in [4.78, 5) is 63.2. The highest BCUT2D eigenvalue weighted by Crippen LogP contribution is 2.32. The van der Waals surface area contributed by atoms with Gasteiger partial charge in [0.15, 0.2) is 0 Å². The van der Waals surface area contributed by atoms with Gasteiger partial charge < -0.3 is 34.6 Å². The highest BCUT2D eigenvalue weighted by molar-refractivity contribution is 5.82. The zero-order chi connectivity index (χ0) is 31.9. The maximum atomic E-state index is 13.0. The third-order valence-corrected chi connectivity index (χ3v) is 7.29.